The molecule has 0 saturated heterocycles. The molecule has 220 valence electrons. The molecule has 0 fully saturated rings. The van der Waals surface area contributed by atoms with Gasteiger partial charge in [0.05, 0.1) is 37.1 Å². The number of fused-ring (bicyclic) bond motifs is 7. The van der Waals surface area contributed by atoms with Crippen molar-refractivity contribution in [1.82, 2.24) is 9.47 Å². The number of allylic oxidation sites excluding steroid dienone is 1. The molecule has 1 aromatic carbocycles. The van der Waals surface area contributed by atoms with Gasteiger partial charge in [-0.15, -0.1) is 0 Å². The molecule has 3 N–H and O–H groups in total. The van der Waals surface area contributed by atoms with Gasteiger partial charge in [-0.2, -0.15) is 0 Å². The number of phenolic OH excluding ortho intramolecular Hbond substituents is 3. The fraction of sp³-hybridized carbons (Fsp3) is 0.333. The fourth-order valence-corrected chi connectivity index (χ4v) is 6.00. The van der Waals surface area contributed by atoms with Gasteiger partial charge < -0.3 is 29.5 Å². The summed E-state index contributed by atoms with van der Waals surface area (Å²) in [4.78, 5) is 55.7. The topological polar surface area (TPSA) is 165 Å². The van der Waals surface area contributed by atoms with Crippen molar-refractivity contribution in [3.63, 3.8) is 0 Å². The smallest absolute Gasteiger partial charge is 0.333 e. The minimum absolute atomic E-state index is 0.0147. The van der Waals surface area contributed by atoms with Gasteiger partial charge in [0.25, 0.3) is 5.91 Å². The zero-order valence-electron chi connectivity index (χ0n) is 24.1. The van der Waals surface area contributed by atoms with Crippen LogP contribution in [0, 0.1) is 13.8 Å². The maximum atomic E-state index is 14.2. The van der Waals surface area contributed by atoms with E-state index in [-0.39, 0.29) is 67.6 Å². The molecule has 4 aliphatic rings. The molecular weight excluding hydrogens is 548 g/mol. The number of esters is 1. The lowest BCUT2D eigenvalue weighted by Gasteiger charge is -2.45. The number of carbonyl (C=O) groups is 3. The van der Waals surface area contributed by atoms with E-state index in [9.17, 15) is 34.5 Å². The number of rotatable bonds is 5. The number of likely N-dealkylation sites (N-methyl/N-ethyl adjacent to an activating group) is 1. The van der Waals surface area contributed by atoms with Crippen LogP contribution >= 0.6 is 0 Å². The van der Waals surface area contributed by atoms with Gasteiger partial charge in [0.1, 0.15) is 18.1 Å². The summed E-state index contributed by atoms with van der Waals surface area (Å²) < 4.78 is 17.2. The van der Waals surface area contributed by atoms with E-state index in [0.717, 1.165) is 4.57 Å². The molecule has 0 saturated carbocycles. The lowest BCUT2D eigenvalue weighted by molar-refractivity contribution is -0.140. The van der Waals surface area contributed by atoms with Crippen LogP contribution in [0.3, 0.4) is 0 Å². The molecule has 5 rings (SSSR count). The molecule has 0 aromatic heterocycles. The highest BCUT2D eigenvalue weighted by Gasteiger charge is 2.52. The van der Waals surface area contributed by atoms with E-state index in [1.807, 2.05) is 0 Å². The SMILES string of the molecule is CC=C(C)C(=O)OCc1c2c(=O)c(OC)c(C)c(O)c-2cc2n1C(=O)[C@@H]1C(=O)c3c(O)c(C)c(OC)c(O)c3[C@H]2N1C. The molecule has 0 spiro atoms. The van der Waals surface area contributed by atoms with E-state index in [1.54, 1.807) is 6.92 Å². The van der Waals surface area contributed by atoms with Gasteiger partial charge >= 0.3 is 5.97 Å². The van der Waals surface area contributed by atoms with Gasteiger partial charge in [-0.3, -0.25) is 23.9 Å². The van der Waals surface area contributed by atoms with E-state index < -0.39 is 53.3 Å². The first-order chi connectivity index (χ1) is 19.8. The Kier molecular flexibility index (Phi) is 6.77. The molecule has 2 bridgehead atoms. The highest BCUT2D eigenvalue weighted by molar-refractivity contribution is 6.19. The van der Waals surface area contributed by atoms with Gasteiger partial charge in [-0.1, -0.05) is 6.08 Å². The van der Waals surface area contributed by atoms with Crippen LogP contribution in [-0.4, -0.2) is 69.8 Å². The van der Waals surface area contributed by atoms with Crippen LogP contribution in [0.5, 0.6) is 28.7 Å². The summed E-state index contributed by atoms with van der Waals surface area (Å²) >= 11 is 0. The van der Waals surface area contributed by atoms with Crippen molar-refractivity contribution >= 4 is 17.7 Å². The molecule has 12 nitrogen and oxygen atoms in total. The number of pyridine rings is 1. The molecule has 42 heavy (non-hydrogen) atoms. The number of phenols is 3. The summed E-state index contributed by atoms with van der Waals surface area (Å²) in [6.07, 6.45) is 1.54. The second kappa shape index (κ2) is 9.91. The first-order valence-corrected chi connectivity index (χ1v) is 13.0. The molecule has 0 amide bonds. The van der Waals surface area contributed by atoms with E-state index in [4.69, 9.17) is 14.2 Å². The summed E-state index contributed by atoms with van der Waals surface area (Å²) in [5.41, 5.74) is -0.393. The number of aromatic nitrogens is 1. The molecule has 12 heteroatoms. The summed E-state index contributed by atoms with van der Waals surface area (Å²) in [5.74, 6) is -3.63. The van der Waals surface area contributed by atoms with Crippen LogP contribution < -0.4 is 14.9 Å². The normalized spacial score (nSPS) is 18.1. The molecule has 3 aliphatic heterocycles. The van der Waals surface area contributed by atoms with Crippen molar-refractivity contribution < 1.29 is 43.9 Å². The Labute approximate surface area is 240 Å². The van der Waals surface area contributed by atoms with Gasteiger partial charge in [0.2, 0.25) is 5.43 Å². The van der Waals surface area contributed by atoms with Crippen molar-refractivity contribution in [1.29, 1.82) is 0 Å². The maximum absolute atomic E-state index is 14.2. The summed E-state index contributed by atoms with van der Waals surface area (Å²) in [5, 5.41) is 33.6. The highest BCUT2D eigenvalue weighted by Crippen LogP contribution is 2.54. The van der Waals surface area contributed by atoms with E-state index in [0.29, 0.717) is 0 Å². The number of hydrogen-bond donors (Lipinski definition) is 3. The molecule has 1 aliphatic carbocycles. The molecule has 0 radical (unpaired) electrons. The second-order valence-corrected chi connectivity index (χ2v) is 10.3. The minimum atomic E-state index is -1.46. The Balaban J connectivity index is 1.94. The molecule has 3 heterocycles. The van der Waals surface area contributed by atoms with Gasteiger partial charge in [-0.05, 0) is 40.8 Å². The Morgan fingerprint density at radius 3 is 2.17 bits per heavy atom. The summed E-state index contributed by atoms with van der Waals surface area (Å²) in [6, 6.07) is -1.08. The van der Waals surface area contributed by atoms with Crippen molar-refractivity contribution in [2.75, 3.05) is 21.3 Å². The average molecular weight is 579 g/mol. The fourth-order valence-electron chi connectivity index (χ4n) is 6.00. The third-order valence-corrected chi connectivity index (χ3v) is 8.25. The third-order valence-electron chi connectivity index (χ3n) is 8.25. The number of aromatic hydroxyl groups is 3. The number of methoxy groups -OCH3 is 2. The zero-order valence-corrected chi connectivity index (χ0v) is 24.1. The molecule has 2 atom stereocenters. The van der Waals surface area contributed by atoms with E-state index >= 15 is 0 Å². The minimum Gasteiger partial charge on any atom is -0.507 e. The number of benzene rings is 2. The van der Waals surface area contributed by atoms with Gasteiger partial charge in [-0.25, -0.2) is 4.79 Å². The number of ether oxygens (including phenoxy) is 3. The van der Waals surface area contributed by atoms with Crippen molar-refractivity contribution in [2.45, 2.75) is 46.4 Å². The summed E-state index contributed by atoms with van der Waals surface area (Å²) in [6.45, 7) is 5.58. The van der Waals surface area contributed by atoms with Crippen LogP contribution in [0.15, 0.2) is 22.5 Å². The zero-order chi connectivity index (χ0) is 30.9. The Hall–Kier alpha value is -4.84. The van der Waals surface area contributed by atoms with Crippen LogP contribution in [0.4, 0.5) is 0 Å². The first-order valence-electron chi connectivity index (χ1n) is 13.0. The highest BCUT2D eigenvalue weighted by atomic mass is 16.5. The maximum Gasteiger partial charge on any atom is 0.333 e. The number of carbonyl (C=O) groups excluding carboxylic acids is 3. The standard InChI is InChI=1S/C30H30N2O10/c1-8-11(2)30(39)42-10-16-17-14(22(33)12(3)27(40-6)25(17)36)9-15-20-18-19(23(34)13(4)28(41-7)26(18)37)24(35)21(31(20)5)29(38)32(15)16/h8-9,20-21,33-34,37H,10H2,1-7H3/t20-,21-/m0/s1. The van der Waals surface area contributed by atoms with E-state index in [2.05, 4.69) is 0 Å². The second-order valence-electron chi connectivity index (χ2n) is 10.3. The number of hydrogen-bond acceptors (Lipinski definition) is 11. The third kappa shape index (κ3) is 3.64. The van der Waals surface area contributed by atoms with Crippen LogP contribution in [-0.2, 0) is 16.1 Å². The number of ketones is 1. The predicted molar refractivity (Wildman–Crippen MR) is 149 cm³/mol. The van der Waals surface area contributed by atoms with Crippen LogP contribution in [0.1, 0.15) is 63.1 Å². The van der Waals surface area contributed by atoms with Crippen molar-refractivity contribution in [2.24, 2.45) is 0 Å². The monoisotopic (exact) mass is 578 g/mol. The van der Waals surface area contributed by atoms with Crippen LogP contribution in [0.25, 0.3) is 11.1 Å². The predicted octanol–water partition coefficient (Wildman–Crippen LogP) is 2.95. The van der Waals surface area contributed by atoms with Crippen LogP contribution in [0.2, 0.25) is 0 Å². The molecule has 0 unspecified atom stereocenters. The number of Topliss-reactive ketones (excluding diaryl/α,β-unsaturated/α-hetero) is 1. The average Bonchev–Trinajstić information content (AvgIpc) is 2.96. The lowest BCUT2D eigenvalue weighted by Crippen LogP contribution is -2.57. The molecule has 1 aromatic rings. The Bertz CT molecular complexity index is 1780. The van der Waals surface area contributed by atoms with Gasteiger partial charge in [0, 0.05) is 33.5 Å². The van der Waals surface area contributed by atoms with E-state index in [1.165, 1.54) is 59.1 Å². The largest absolute Gasteiger partial charge is 0.507 e. The number of nitrogens with zero attached hydrogens (tertiary/aromatic N) is 2. The molecular formula is C30H30N2O10. The van der Waals surface area contributed by atoms with Crippen molar-refractivity contribution in [3.05, 3.63) is 61.6 Å². The van der Waals surface area contributed by atoms with Gasteiger partial charge in [0.15, 0.2) is 29.1 Å². The Morgan fingerprint density at radius 1 is 0.952 bits per heavy atom. The summed E-state index contributed by atoms with van der Waals surface area (Å²) in [7, 11) is 4.08. The van der Waals surface area contributed by atoms with Crippen molar-refractivity contribution in [3.8, 4) is 39.9 Å². The quantitative estimate of drug-likeness (QED) is 0.176. The lowest BCUT2D eigenvalue weighted by atomic mass is 9.79. The first kappa shape index (κ1) is 28.7. The Morgan fingerprint density at radius 2 is 1.57 bits per heavy atom.